The Kier molecular flexibility index (Phi) is 2.83. The maximum Gasteiger partial charge on any atom is 0.267 e. The minimum absolute atomic E-state index is 0.142. The zero-order chi connectivity index (χ0) is 14.6. The van der Waals surface area contributed by atoms with Gasteiger partial charge in [0.15, 0.2) is 17.5 Å². The third-order valence-corrected chi connectivity index (χ3v) is 4.32. The van der Waals surface area contributed by atoms with E-state index in [4.69, 9.17) is 0 Å². The third-order valence-electron chi connectivity index (χ3n) is 3.89. The van der Waals surface area contributed by atoms with Gasteiger partial charge in [0.2, 0.25) is 0 Å². The lowest BCUT2D eigenvalue weighted by molar-refractivity contribution is -0.115. The minimum Gasteiger partial charge on any atom is -0.350 e. The van der Waals surface area contributed by atoms with Crippen LogP contribution in [0.15, 0.2) is 26.7 Å². The number of hydrogen-bond donors (Lipinski definition) is 1. The molecule has 1 amide bonds. The summed E-state index contributed by atoms with van der Waals surface area (Å²) in [6, 6.07) is 2.38. The number of aromatic nitrogens is 1. The molecule has 3 aliphatic rings. The first-order chi connectivity index (χ1) is 10.2. The smallest absolute Gasteiger partial charge is 0.267 e. The van der Waals surface area contributed by atoms with E-state index in [0.717, 1.165) is 29.1 Å². The predicted molar refractivity (Wildman–Crippen MR) is 83.2 cm³/mol. The molecule has 1 aromatic heterocycles. The number of fused-ring (bicyclic) bond motifs is 3. The number of amides is 1. The lowest BCUT2D eigenvalue weighted by Gasteiger charge is -2.42. The molecular weight excluding hydrogens is 336 g/mol. The van der Waals surface area contributed by atoms with Crippen molar-refractivity contribution in [2.24, 2.45) is 9.98 Å². The van der Waals surface area contributed by atoms with Gasteiger partial charge < -0.3 is 15.1 Å². The first-order valence-electron chi connectivity index (χ1n) is 6.71. The Hall–Kier alpha value is -1.80. The van der Waals surface area contributed by atoms with Crippen LogP contribution in [0.4, 0.5) is 11.5 Å². The molecule has 3 aliphatic heterocycles. The van der Waals surface area contributed by atoms with Crippen molar-refractivity contribution in [3.05, 3.63) is 16.7 Å². The van der Waals surface area contributed by atoms with Crippen LogP contribution in [0.1, 0.15) is 0 Å². The summed E-state index contributed by atoms with van der Waals surface area (Å²) in [5.74, 6) is 1.88. The molecule has 1 N–H and O–H groups in total. The molecule has 108 valence electrons. The summed E-state index contributed by atoms with van der Waals surface area (Å²) in [5, 5.41) is 3.23. The number of aliphatic imine (C=N–C) groups is 2. The van der Waals surface area contributed by atoms with E-state index >= 15 is 0 Å². The number of halogens is 1. The van der Waals surface area contributed by atoms with Crippen LogP contribution in [0.5, 0.6) is 0 Å². The van der Waals surface area contributed by atoms with E-state index in [9.17, 15) is 4.79 Å². The summed E-state index contributed by atoms with van der Waals surface area (Å²) in [5.41, 5.74) is 0.823. The van der Waals surface area contributed by atoms with Crippen molar-refractivity contribution < 1.29 is 4.79 Å². The molecule has 1 fully saturated rings. The maximum absolute atomic E-state index is 11.8. The molecule has 7 nitrogen and oxygen atoms in total. The number of carbonyl (C=O) groups excluding carboxylic acids is 1. The zero-order valence-electron chi connectivity index (χ0n) is 11.4. The maximum atomic E-state index is 11.8. The molecule has 4 heterocycles. The minimum atomic E-state index is -0.142. The van der Waals surface area contributed by atoms with Crippen molar-refractivity contribution in [1.82, 2.24) is 15.2 Å². The molecule has 0 atom stereocenters. The first-order valence-corrected chi connectivity index (χ1v) is 7.51. The van der Waals surface area contributed by atoms with Gasteiger partial charge in [0, 0.05) is 29.8 Å². The Bertz CT molecular complexity index is 694. The van der Waals surface area contributed by atoms with E-state index in [1.54, 1.807) is 6.20 Å². The highest BCUT2D eigenvalue weighted by atomic mass is 79.9. The average molecular weight is 349 g/mol. The fourth-order valence-corrected chi connectivity index (χ4v) is 3.02. The summed E-state index contributed by atoms with van der Waals surface area (Å²) >= 11 is 3.41. The highest BCUT2D eigenvalue weighted by molar-refractivity contribution is 9.10. The molecule has 0 bridgehead atoms. The van der Waals surface area contributed by atoms with Crippen LogP contribution < -0.4 is 10.2 Å². The Morgan fingerprint density at radius 1 is 1.33 bits per heavy atom. The Labute approximate surface area is 129 Å². The first kappa shape index (κ1) is 12.9. The largest absolute Gasteiger partial charge is 0.350 e. The van der Waals surface area contributed by atoms with Crippen molar-refractivity contribution >= 4 is 45.0 Å². The van der Waals surface area contributed by atoms with E-state index in [1.165, 1.54) is 0 Å². The van der Waals surface area contributed by atoms with Crippen LogP contribution >= 0.6 is 15.9 Å². The molecule has 0 unspecified atom stereocenters. The fourth-order valence-electron chi connectivity index (χ4n) is 2.70. The van der Waals surface area contributed by atoms with Gasteiger partial charge in [0.25, 0.3) is 5.91 Å². The SMILES string of the molecule is CNC1CN(C2=Nc3ncc(Br)cc3N3CC(=O)N=C23)C1. The molecule has 0 saturated carbocycles. The highest BCUT2D eigenvalue weighted by Crippen LogP contribution is 2.35. The molecule has 0 aromatic carbocycles. The number of carbonyl (C=O) groups is 1. The van der Waals surface area contributed by atoms with Crippen LogP contribution in [-0.2, 0) is 4.79 Å². The molecular formula is C13H13BrN6O. The topological polar surface area (TPSA) is 73.2 Å². The number of nitrogens with zero attached hydrogens (tertiary/aromatic N) is 5. The zero-order valence-corrected chi connectivity index (χ0v) is 13.0. The number of pyridine rings is 1. The second kappa shape index (κ2) is 4.60. The number of likely N-dealkylation sites (tertiary alicyclic amines) is 1. The quantitative estimate of drug-likeness (QED) is 0.801. The standard InChI is InChI=1S/C13H13BrN6O/c1-15-8-4-19(5-8)12-13-17-10(21)6-20(13)9-2-7(14)3-16-11(9)18-12/h2-3,8,15H,4-6H2,1H3. The summed E-state index contributed by atoms with van der Waals surface area (Å²) in [6.45, 7) is 1.98. The molecule has 0 radical (unpaired) electrons. The summed E-state index contributed by atoms with van der Waals surface area (Å²) in [7, 11) is 1.95. The molecule has 1 aromatic rings. The van der Waals surface area contributed by atoms with Gasteiger partial charge in [-0.2, -0.15) is 4.99 Å². The van der Waals surface area contributed by atoms with E-state index < -0.39 is 0 Å². The van der Waals surface area contributed by atoms with Crippen molar-refractivity contribution in [1.29, 1.82) is 0 Å². The lowest BCUT2D eigenvalue weighted by Crippen LogP contribution is -2.62. The van der Waals surface area contributed by atoms with Crippen LogP contribution in [-0.4, -0.2) is 60.2 Å². The highest BCUT2D eigenvalue weighted by Gasteiger charge is 2.39. The summed E-state index contributed by atoms with van der Waals surface area (Å²) in [6.07, 6.45) is 1.71. The number of hydrogen-bond acceptors (Lipinski definition) is 6. The molecule has 0 aliphatic carbocycles. The van der Waals surface area contributed by atoms with Crippen LogP contribution in [0.3, 0.4) is 0 Å². The van der Waals surface area contributed by atoms with Crippen LogP contribution in [0.2, 0.25) is 0 Å². The van der Waals surface area contributed by atoms with Gasteiger partial charge in [-0.15, -0.1) is 0 Å². The van der Waals surface area contributed by atoms with Crippen LogP contribution in [0.25, 0.3) is 0 Å². The van der Waals surface area contributed by atoms with E-state index in [2.05, 4.69) is 41.1 Å². The summed E-state index contributed by atoms with van der Waals surface area (Å²) < 4.78 is 0.859. The Morgan fingerprint density at radius 3 is 2.90 bits per heavy atom. The van der Waals surface area contributed by atoms with E-state index in [-0.39, 0.29) is 12.5 Å². The van der Waals surface area contributed by atoms with Gasteiger partial charge in [-0.3, -0.25) is 4.79 Å². The van der Waals surface area contributed by atoms with Gasteiger partial charge in [-0.25, -0.2) is 9.98 Å². The second-order valence-electron chi connectivity index (χ2n) is 5.24. The monoisotopic (exact) mass is 348 g/mol. The normalized spacial score (nSPS) is 20.8. The van der Waals surface area contributed by atoms with Crippen LogP contribution in [0, 0.1) is 0 Å². The van der Waals surface area contributed by atoms with E-state index in [1.807, 2.05) is 18.0 Å². The number of amidine groups is 2. The number of nitrogens with one attached hydrogen (secondary N) is 1. The number of likely N-dealkylation sites (N-methyl/N-ethyl adjacent to an activating group) is 1. The Balaban J connectivity index is 1.77. The lowest BCUT2D eigenvalue weighted by atomic mass is 10.1. The fraction of sp³-hybridized carbons (Fsp3) is 0.385. The van der Waals surface area contributed by atoms with Gasteiger partial charge in [0.1, 0.15) is 6.54 Å². The average Bonchev–Trinajstić information content (AvgIpc) is 2.80. The molecule has 21 heavy (non-hydrogen) atoms. The molecule has 0 spiro atoms. The summed E-state index contributed by atoms with van der Waals surface area (Å²) in [4.78, 5) is 28.9. The Morgan fingerprint density at radius 2 is 2.14 bits per heavy atom. The molecule has 4 rings (SSSR count). The second-order valence-corrected chi connectivity index (χ2v) is 6.15. The third kappa shape index (κ3) is 1.97. The van der Waals surface area contributed by atoms with Crippen molar-refractivity contribution in [2.75, 3.05) is 31.6 Å². The van der Waals surface area contributed by atoms with E-state index in [0.29, 0.717) is 17.7 Å². The van der Waals surface area contributed by atoms with Gasteiger partial charge >= 0.3 is 0 Å². The molecule has 1 saturated heterocycles. The predicted octanol–water partition coefficient (Wildman–Crippen LogP) is 0.536. The van der Waals surface area contributed by atoms with Gasteiger partial charge in [-0.1, -0.05) is 0 Å². The number of rotatable bonds is 1. The van der Waals surface area contributed by atoms with Crippen molar-refractivity contribution in [3.8, 4) is 0 Å². The number of anilines is 1. The van der Waals surface area contributed by atoms with Gasteiger partial charge in [0.05, 0.1) is 5.69 Å². The van der Waals surface area contributed by atoms with Crippen molar-refractivity contribution in [2.45, 2.75) is 6.04 Å². The van der Waals surface area contributed by atoms with Gasteiger partial charge in [-0.05, 0) is 29.0 Å². The van der Waals surface area contributed by atoms with Crippen molar-refractivity contribution in [3.63, 3.8) is 0 Å². The molecule has 8 heteroatoms.